The highest BCUT2D eigenvalue weighted by molar-refractivity contribution is 5.63. The number of hydrogen-bond donors (Lipinski definition) is 1. The molecular formula is C22H19F2N7O3. The summed E-state index contributed by atoms with van der Waals surface area (Å²) in [7, 11) is 0. The molecule has 12 heteroatoms. The van der Waals surface area contributed by atoms with Crippen molar-refractivity contribution in [3.63, 3.8) is 0 Å². The standard InChI is InChI=1S/C22H19F2N7O3/c23-15-4-2-1-3-14(15)12-31-19(17-5-8-34-29-17)9-18(28-31)21-26-10-16(24)22(27-21)30-7-6-25-11-20(30)33-13-32/h1-5,8-10,13,20,25H,6-7,11-12H2. The van der Waals surface area contributed by atoms with Gasteiger partial charge in [-0.1, -0.05) is 23.4 Å². The third kappa shape index (κ3) is 4.22. The molecule has 1 aromatic carbocycles. The second-order valence-corrected chi connectivity index (χ2v) is 7.50. The topological polar surface area (TPSA) is 111 Å². The predicted octanol–water partition coefficient (Wildman–Crippen LogP) is 2.23. The summed E-state index contributed by atoms with van der Waals surface area (Å²) < 4.78 is 40.6. The molecule has 3 aromatic heterocycles. The number of carbonyl (C=O) groups is 1. The Morgan fingerprint density at radius 3 is 2.88 bits per heavy atom. The molecule has 1 fully saturated rings. The Labute approximate surface area is 192 Å². The Bertz CT molecular complexity index is 1300. The van der Waals surface area contributed by atoms with Crippen molar-refractivity contribution in [2.75, 3.05) is 24.5 Å². The lowest BCUT2D eigenvalue weighted by molar-refractivity contribution is -0.133. The zero-order valence-electron chi connectivity index (χ0n) is 17.8. The maximum atomic E-state index is 14.7. The van der Waals surface area contributed by atoms with Gasteiger partial charge in [-0.05, 0) is 12.1 Å². The Hall–Kier alpha value is -4.19. The average molecular weight is 467 g/mol. The number of carbonyl (C=O) groups excluding carboxylic acids is 1. The highest BCUT2D eigenvalue weighted by Gasteiger charge is 2.28. The van der Waals surface area contributed by atoms with E-state index in [4.69, 9.17) is 9.26 Å². The molecule has 1 unspecified atom stereocenters. The number of hydrogen-bond acceptors (Lipinski definition) is 9. The van der Waals surface area contributed by atoms with Gasteiger partial charge in [0.05, 0.1) is 25.0 Å². The molecule has 0 bridgehead atoms. The van der Waals surface area contributed by atoms with Crippen molar-refractivity contribution >= 4 is 12.3 Å². The Kier molecular flexibility index (Phi) is 5.95. The van der Waals surface area contributed by atoms with E-state index in [0.29, 0.717) is 48.8 Å². The van der Waals surface area contributed by atoms with Crippen molar-refractivity contribution in [1.29, 1.82) is 0 Å². The molecule has 174 valence electrons. The van der Waals surface area contributed by atoms with Crippen LogP contribution in [0.25, 0.3) is 22.9 Å². The molecule has 1 atom stereocenters. The first-order valence-corrected chi connectivity index (χ1v) is 10.5. The first-order valence-electron chi connectivity index (χ1n) is 10.5. The van der Waals surface area contributed by atoms with E-state index in [9.17, 15) is 13.6 Å². The van der Waals surface area contributed by atoms with Crippen molar-refractivity contribution in [1.82, 2.24) is 30.2 Å². The maximum Gasteiger partial charge on any atom is 0.295 e. The van der Waals surface area contributed by atoms with Gasteiger partial charge in [-0.3, -0.25) is 9.48 Å². The molecule has 1 N–H and O–H groups in total. The van der Waals surface area contributed by atoms with Gasteiger partial charge < -0.3 is 19.5 Å². The maximum absolute atomic E-state index is 14.7. The van der Waals surface area contributed by atoms with Crippen LogP contribution in [0.5, 0.6) is 0 Å². The number of aromatic nitrogens is 5. The normalized spacial score (nSPS) is 15.9. The number of ether oxygens (including phenoxy) is 1. The van der Waals surface area contributed by atoms with E-state index in [1.54, 1.807) is 39.9 Å². The number of halogens is 2. The molecule has 0 saturated carbocycles. The quantitative estimate of drug-likeness (QED) is 0.409. The van der Waals surface area contributed by atoms with E-state index >= 15 is 0 Å². The number of anilines is 1. The van der Waals surface area contributed by atoms with E-state index < -0.39 is 12.0 Å². The Morgan fingerprint density at radius 2 is 2.09 bits per heavy atom. The second kappa shape index (κ2) is 9.35. The smallest absolute Gasteiger partial charge is 0.295 e. The molecule has 1 aliphatic rings. The number of rotatable bonds is 7. The first-order chi connectivity index (χ1) is 16.6. The second-order valence-electron chi connectivity index (χ2n) is 7.50. The van der Waals surface area contributed by atoms with Gasteiger partial charge in [0.15, 0.2) is 23.7 Å². The fourth-order valence-corrected chi connectivity index (χ4v) is 3.78. The first kappa shape index (κ1) is 21.6. The Morgan fingerprint density at radius 1 is 1.21 bits per heavy atom. The summed E-state index contributed by atoms with van der Waals surface area (Å²) in [6.07, 6.45) is 1.75. The molecule has 10 nitrogen and oxygen atoms in total. The monoisotopic (exact) mass is 467 g/mol. The molecule has 34 heavy (non-hydrogen) atoms. The van der Waals surface area contributed by atoms with Crippen molar-refractivity contribution in [3.05, 3.63) is 66.1 Å². The summed E-state index contributed by atoms with van der Waals surface area (Å²) in [5.74, 6) is -0.889. The van der Waals surface area contributed by atoms with E-state index in [0.717, 1.165) is 6.20 Å². The lowest BCUT2D eigenvalue weighted by atomic mass is 10.2. The summed E-state index contributed by atoms with van der Waals surface area (Å²) in [5.41, 5.74) is 1.79. The van der Waals surface area contributed by atoms with Gasteiger partial charge >= 0.3 is 0 Å². The zero-order valence-corrected chi connectivity index (χ0v) is 17.8. The summed E-state index contributed by atoms with van der Waals surface area (Å²) in [5, 5.41) is 11.6. The van der Waals surface area contributed by atoms with Crippen LogP contribution in [-0.4, -0.2) is 57.2 Å². The van der Waals surface area contributed by atoms with Crippen molar-refractivity contribution in [2.24, 2.45) is 0 Å². The highest BCUT2D eigenvalue weighted by atomic mass is 19.1. The van der Waals surface area contributed by atoms with Gasteiger partial charge in [-0.25, -0.2) is 18.7 Å². The minimum atomic E-state index is -0.715. The molecule has 1 aliphatic heterocycles. The van der Waals surface area contributed by atoms with Gasteiger partial charge in [-0.15, -0.1) is 0 Å². The van der Waals surface area contributed by atoms with Crippen LogP contribution in [0.2, 0.25) is 0 Å². The van der Waals surface area contributed by atoms with Crippen LogP contribution in [0.15, 0.2) is 53.4 Å². The van der Waals surface area contributed by atoms with Crippen molar-refractivity contribution in [3.8, 4) is 22.9 Å². The number of piperazine rings is 1. The fourth-order valence-electron chi connectivity index (χ4n) is 3.78. The van der Waals surface area contributed by atoms with E-state index in [1.165, 1.54) is 12.3 Å². The molecule has 0 aliphatic carbocycles. The Balaban J connectivity index is 1.54. The SMILES string of the molecule is O=COC1CNCCN1c1nc(-c2cc(-c3ccon3)n(Cc3ccccc3F)n2)ncc1F. The minimum Gasteiger partial charge on any atom is -0.442 e. The number of benzene rings is 1. The van der Waals surface area contributed by atoms with Gasteiger partial charge in [-0.2, -0.15) is 5.10 Å². The van der Waals surface area contributed by atoms with Crippen LogP contribution in [0.1, 0.15) is 5.56 Å². The van der Waals surface area contributed by atoms with E-state index in [-0.39, 0.29) is 24.0 Å². The molecule has 5 rings (SSSR count). The van der Waals surface area contributed by atoms with Gasteiger partial charge in [0.25, 0.3) is 6.47 Å². The van der Waals surface area contributed by atoms with Gasteiger partial charge in [0.2, 0.25) is 0 Å². The third-order valence-corrected chi connectivity index (χ3v) is 5.39. The lowest BCUT2D eigenvalue weighted by Gasteiger charge is -2.35. The zero-order chi connectivity index (χ0) is 23.5. The third-order valence-electron chi connectivity index (χ3n) is 5.39. The average Bonchev–Trinajstić information content (AvgIpc) is 3.52. The van der Waals surface area contributed by atoms with E-state index in [2.05, 4.69) is 25.5 Å². The van der Waals surface area contributed by atoms with Crippen molar-refractivity contribution < 1.29 is 22.8 Å². The molecule has 0 amide bonds. The summed E-state index contributed by atoms with van der Waals surface area (Å²) >= 11 is 0. The van der Waals surface area contributed by atoms with Gasteiger partial charge in [0, 0.05) is 24.7 Å². The van der Waals surface area contributed by atoms with E-state index in [1.807, 2.05) is 0 Å². The fraction of sp³-hybridized carbons (Fsp3) is 0.227. The van der Waals surface area contributed by atoms with Crippen LogP contribution in [-0.2, 0) is 16.1 Å². The van der Waals surface area contributed by atoms with Crippen LogP contribution in [0.4, 0.5) is 14.6 Å². The number of nitrogens with one attached hydrogen (secondary N) is 1. The molecule has 4 heterocycles. The summed E-state index contributed by atoms with van der Waals surface area (Å²) in [6.45, 7) is 1.70. The summed E-state index contributed by atoms with van der Waals surface area (Å²) in [4.78, 5) is 20.9. The van der Waals surface area contributed by atoms with Crippen LogP contribution in [0, 0.1) is 11.6 Å². The molecule has 0 spiro atoms. The molecule has 4 aromatic rings. The van der Waals surface area contributed by atoms with Crippen LogP contribution in [0.3, 0.4) is 0 Å². The summed E-state index contributed by atoms with van der Waals surface area (Å²) in [6, 6.07) is 9.70. The van der Waals surface area contributed by atoms with Crippen LogP contribution >= 0.6 is 0 Å². The molecule has 1 saturated heterocycles. The number of nitrogens with zero attached hydrogens (tertiary/aromatic N) is 6. The van der Waals surface area contributed by atoms with Crippen molar-refractivity contribution in [2.45, 2.75) is 12.8 Å². The molecular weight excluding hydrogens is 448 g/mol. The minimum absolute atomic E-state index is 0.00927. The highest BCUT2D eigenvalue weighted by Crippen LogP contribution is 2.27. The van der Waals surface area contributed by atoms with Gasteiger partial charge in [0.1, 0.15) is 23.5 Å². The molecule has 0 radical (unpaired) electrons. The van der Waals surface area contributed by atoms with Crippen LogP contribution < -0.4 is 10.2 Å². The predicted molar refractivity (Wildman–Crippen MR) is 115 cm³/mol. The largest absolute Gasteiger partial charge is 0.442 e. The lowest BCUT2D eigenvalue weighted by Crippen LogP contribution is -2.53.